The van der Waals surface area contributed by atoms with E-state index in [1.54, 1.807) is 0 Å². The first kappa shape index (κ1) is 19.5. The van der Waals surface area contributed by atoms with Gasteiger partial charge in [0, 0.05) is 22.7 Å². The van der Waals surface area contributed by atoms with E-state index in [1.807, 2.05) is 0 Å². The predicted octanol–water partition coefficient (Wildman–Crippen LogP) is 5.30. The van der Waals surface area contributed by atoms with Gasteiger partial charge in [-0.05, 0) is 24.3 Å². The van der Waals surface area contributed by atoms with Gasteiger partial charge in [0.2, 0.25) is 0 Å². The Bertz CT molecular complexity index is 1040. The van der Waals surface area contributed by atoms with Gasteiger partial charge in [-0.1, -0.05) is 17.4 Å². The lowest BCUT2D eigenvalue weighted by molar-refractivity contribution is -0.137. The number of nitrogens with two attached hydrogens (primary N) is 1. The number of nitrogens with one attached hydrogen (secondary N) is 1. The van der Waals surface area contributed by atoms with Crippen LogP contribution < -0.4 is 15.8 Å². The van der Waals surface area contributed by atoms with Crippen LogP contribution in [0.15, 0.2) is 41.8 Å². The predicted molar refractivity (Wildman–Crippen MR) is 93.0 cm³/mol. The monoisotopic (exact) mass is 415 g/mol. The van der Waals surface area contributed by atoms with Crippen molar-refractivity contribution in [3.8, 4) is 16.5 Å². The summed E-state index contributed by atoms with van der Waals surface area (Å²) in [6, 6.07) is 5.62. The van der Waals surface area contributed by atoms with Gasteiger partial charge in [0.1, 0.15) is 11.6 Å². The van der Waals surface area contributed by atoms with Gasteiger partial charge in [0.05, 0.1) is 16.9 Å². The number of halogens is 5. The van der Waals surface area contributed by atoms with Gasteiger partial charge in [-0.2, -0.15) is 13.2 Å². The second-order valence-electron chi connectivity index (χ2n) is 5.45. The third-order valence-electron chi connectivity index (χ3n) is 3.46. The fraction of sp³-hybridized carbons (Fsp3) is 0.0588. The molecular formula is C17H10F5N3O2S. The van der Waals surface area contributed by atoms with Crippen molar-refractivity contribution in [3.63, 3.8) is 0 Å². The number of alkyl halides is 3. The first-order chi connectivity index (χ1) is 13.1. The minimum Gasteiger partial charge on any atom is -0.396 e. The quantitative estimate of drug-likeness (QED) is 0.450. The Hall–Kier alpha value is -3.21. The zero-order valence-electron chi connectivity index (χ0n) is 13.7. The summed E-state index contributed by atoms with van der Waals surface area (Å²) in [4.78, 5) is 15.8. The molecule has 0 saturated heterocycles. The number of amides is 1. The highest BCUT2D eigenvalue weighted by atomic mass is 32.1. The molecule has 0 aliphatic rings. The highest BCUT2D eigenvalue weighted by molar-refractivity contribution is 7.11. The van der Waals surface area contributed by atoms with Crippen LogP contribution in [0.5, 0.6) is 5.19 Å². The number of nitrogen functional groups attached to an aromatic ring is 1. The molecular weight excluding hydrogens is 405 g/mol. The van der Waals surface area contributed by atoms with Crippen molar-refractivity contribution in [2.24, 2.45) is 0 Å². The molecule has 1 aromatic heterocycles. The lowest BCUT2D eigenvalue weighted by atomic mass is 10.1. The van der Waals surface area contributed by atoms with Gasteiger partial charge < -0.3 is 10.5 Å². The molecule has 2 aromatic carbocycles. The molecule has 3 aromatic rings. The third kappa shape index (κ3) is 4.36. The smallest absolute Gasteiger partial charge is 0.396 e. The van der Waals surface area contributed by atoms with Crippen LogP contribution in [-0.4, -0.2) is 11.1 Å². The maximum absolute atomic E-state index is 13.9. The Labute approximate surface area is 158 Å². The first-order valence-corrected chi connectivity index (χ1v) is 8.38. The minimum atomic E-state index is -4.56. The number of carbonyl (C=O) groups excluding carboxylic acids is 1. The van der Waals surface area contributed by atoms with Crippen LogP contribution in [0.3, 0.4) is 0 Å². The van der Waals surface area contributed by atoms with Crippen LogP contribution in [0.1, 0.15) is 5.56 Å². The van der Waals surface area contributed by atoms with E-state index in [1.165, 1.54) is 11.4 Å². The maximum atomic E-state index is 13.9. The zero-order chi connectivity index (χ0) is 20.5. The lowest BCUT2D eigenvalue weighted by Gasteiger charge is -2.09. The van der Waals surface area contributed by atoms with Crippen LogP contribution in [0.25, 0.3) is 11.3 Å². The van der Waals surface area contributed by atoms with Gasteiger partial charge in [-0.15, -0.1) is 0 Å². The van der Waals surface area contributed by atoms with Crippen LogP contribution in [-0.2, 0) is 6.18 Å². The standard InChI is InChI=1S/C17H10F5N3O2S/c18-11-6-12(19)13(23)5-10(11)14-7-28-16(25-14)27-15(26)24-9-3-1-2-8(4-9)17(20,21)22/h1-7H,23H2,(H,24,26). The zero-order valence-corrected chi connectivity index (χ0v) is 14.5. The summed E-state index contributed by atoms with van der Waals surface area (Å²) in [5.41, 5.74) is 4.01. The Morgan fingerprint density at radius 2 is 1.89 bits per heavy atom. The molecule has 0 aliphatic carbocycles. The van der Waals surface area contributed by atoms with Crippen molar-refractivity contribution >= 4 is 28.8 Å². The number of carbonyl (C=O) groups is 1. The summed E-state index contributed by atoms with van der Waals surface area (Å²) in [5.74, 6) is -1.83. The average molecular weight is 415 g/mol. The summed E-state index contributed by atoms with van der Waals surface area (Å²) in [7, 11) is 0. The molecule has 0 unspecified atom stereocenters. The van der Waals surface area contributed by atoms with Crippen molar-refractivity contribution < 1.29 is 31.5 Å². The van der Waals surface area contributed by atoms with Crippen molar-refractivity contribution in [1.82, 2.24) is 4.98 Å². The largest absolute Gasteiger partial charge is 0.419 e. The summed E-state index contributed by atoms with van der Waals surface area (Å²) in [6.07, 6.45) is -5.65. The Morgan fingerprint density at radius 3 is 2.61 bits per heavy atom. The van der Waals surface area contributed by atoms with Gasteiger partial charge in [-0.25, -0.2) is 18.6 Å². The number of hydrogen-bond acceptors (Lipinski definition) is 5. The van der Waals surface area contributed by atoms with E-state index in [9.17, 15) is 26.7 Å². The molecule has 146 valence electrons. The topological polar surface area (TPSA) is 77.2 Å². The van der Waals surface area contributed by atoms with E-state index < -0.39 is 29.5 Å². The molecule has 0 bridgehead atoms. The van der Waals surface area contributed by atoms with Crippen LogP contribution in [0.4, 0.5) is 38.1 Å². The molecule has 0 spiro atoms. The van der Waals surface area contributed by atoms with E-state index in [2.05, 4.69) is 10.3 Å². The van der Waals surface area contributed by atoms with E-state index in [0.29, 0.717) is 6.07 Å². The molecule has 0 atom stereocenters. The van der Waals surface area contributed by atoms with Crippen molar-refractivity contribution in [1.29, 1.82) is 0 Å². The third-order valence-corrected chi connectivity index (χ3v) is 4.18. The maximum Gasteiger partial charge on any atom is 0.419 e. The first-order valence-electron chi connectivity index (χ1n) is 7.50. The number of hydrogen-bond donors (Lipinski definition) is 2. The Balaban J connectivity index is 1.72. The molecule has 1 amide bonds. The van der Waals surface area contributed by atoms with E-state index in [-0.39, 0.29) is 27.8 Å². The minimum absolute atomic E-state index is 0.0519. The van der Waals surface area contributed by atoms with Crippen LogP contribution in [0.2, 0.25) is 0 Å². The fourth-order valence-electron chi connectivity index (χ4n) is 2.19. The number of nitrogens with zero attached hydrogens (tertiary/aromatic N) is 1. The molecule has 5 nitrogen and oxygen atoms in total. The van der Waals surface area contributed by atoms with Crippen molar-refractivity contribution in [3.05, 3.63) is 59.0 Å². The van der Waals surface area contributed by atoms with Gasteiger partial charge in [-0.3, -0.25) is 5.32 Å². The fourth-order valence-corrected chi connectivity index (χ4v) is 2.85. The lowest BCUT2D eigenvalue weighted by Crippen LogP contribution is -2.17. The molecule has 11 heteroatoms. The summed E-state index contributed by atoms with van der Waals surface area (Å²) in [6.45, 7) is 0. The normalized spacial score (nSPS) is 11.3. The SMILES string of the molecule is Nc1cc(-c2csc(OC(=O)Nc3cccc(C(F)(F)F)c3)n2)c(F)cc1F. The Kier molecular flexibility index (Phi) is 5.18. The number of anilines is 2. The Morgan fingerprint density at radius 1 is 1.14 bits per heavy atom. The molecule has 3 rings (SSSR count). The highest BCUT2D eigenvalue weighted by Gasteiger charge is 2.30. The van der Waals surface area contributed by atoms with E-state index >= 15 is 0 Å². The van der Waals surface area contributed by atoms with Gasteiger partial charge >= 0.3 is 12.3 Å². The molecule has 0 fully saturated rings. The van der Waals surface area contributed by atoms with Gasteiger partial charge in [0.25, 0.3) is 5.19 Å². The van der Waals surface area contributed by atoms with Crippen molar-refractivity contribution in [2.45, 2.75) is 6.18 Å². The number of ether oxygens (including phenoxy) is 1. The summed E-state index contributed by atoms with van der Waals surface area (Å²) < 4.78 is 70.0. The average Bonchev–Trinajstić information content (AvgIpc) is 3.05. The number of rotatable bonds is 3. The second kappa shape index (κ2) is 7.43. The van der Waals surface area contributed by atoms with Crippen LogP contribution >= 0.6 is 11.3 Å². The molecule has 0 radical (unpaired) electrons. The van der Waals surface area contributed by atoms with Crippen molar-refractivity contribution in [2.75, 3.05) is 11.1 Å². The molecule has 1 heterocycles. The number of aromatic nitrogens is 1. The molecule has 3 N–H and O–H groups in total. The summed E-state index contributed by atoms with van der Waals surface area (Å²) >= 11 is 0.834. The van der Waals surface area contributed by atoms with Gasteiger partial charge in [0.15, 0.2) is 0 Å². The van der Waals surface area contributed by atoms with E-state index in [0.717, 1.165) is 35.6 Å². The number of thiazole rings is 1. The summed E-state index contributed by atoms with van der Waals surface area (Å²) in [5, 5.41) is 3.30. The molecule has 0 saturated carbocycles. The molecule has 28 heavy (non-hydrogen) atoms. The van der Waals surface area contributed by atoms with E-state index in [4.69, 9.17) is 10.5 Å². The highest BCUT2D eigenvalue weighted by Crippen LogP contribution is 2.32. The molecule has 0 aliphatic heterocycles. The number of benzene rings is 2. The van der Waals surface area contributed by atoms with Crippen LogP contribution in [0, 0.1) is 11.6 Å². The second-order valence-corrected chi connectivity index (χ2v) is 6.27.